The van der Waals surface area contributed by atoms with Crippen LogP contribution in [-0.4, -0.2) is 23.2 Å². The van der Waals surface area contributed by atoms with Crippen LogP contribution in [0.5, 0.6) is 11.5 Å². The number of unbranched alkanes of at least 4 members (excludes halogenated alkanes) is 3. The second-order valence-corrected chi connectivity index (χ2v) is 7.67. The number of rotatable bonds is 9. The number of aromatic nitrogens is 2. The number of hydrogen-bond acceptors (Lipinski definition) is 4. The maximum absolute atomic E-state index is 6.01. The molecule has 0 atom stereocenters. The second kappa shape index (κ2) is 9.57. The molecule has 0 unspecified atom stereocenters. The number of benzene rings is 2. The topological polar surface area (TPSA) is 44.2 Å². The molecular weight excluding hydrogens is 372 g/mol. The Balaban J connectivity index is 1.19. The Kier molecular flexibility index (Phi) is 6.43. The van der Waals surface area contributed by atoms with Crippen LogP contribution in [0.15, 0.2) is 60.7 Å². The SMILES string of the molecule is Cc1ccc2cccc(OCCCCCCOc3cccc4ccc(C)nc34)c2n1. The quantitative estimate of drug-likeness (QED) is 0.304. The number of pyridine rings is 2. The van der Waals surface area contributed by atoms with E-state index in [-0.39, 0.29) is 0 Å². The van der Waals surface area contributed by atoms with E-state index in [2.05, 4.69) is 34.2 Å². The lowest BCUT2D eigenvalue weighted by Gasteiger charge is -2.10. The number of aryl methyl sites for hydroxylation is 2. The molecule has 4 aromatic rings. The first-order valence-corrected chi connectivity index (χ1v) is 10.7. The molecule has 0 aliphatic rings. The third-order valence-electron chi connectivity index (χ3n) is 5.20. The van der Waals surface area contributed by atoms with Gasteiger partial charge in [0.15, 0.2) is 0 Å². The molecule has 4 heteroatoms. The molecule has 0 aliphatic heterocycles. The normalized spacial score (nSPS) is 11.1. The summed E-state index contributed by atoms with van der Waals surface area (Å²) in [6.07, 6.45) is 4.29. The zero-order valence-electron chi connectivity index (χ0n) is 17.7. The maximum atomic E-state index is 6.01. The van der Waals surface area contributed by atoms with Crippen LogP contribution in [0, 0.1) is 13.8 Å². The van der Waals surface area contributed by atoms with Crippen LogP contribution in [0.3, 0.4) is 0 Å². The highest BCUT2D eigenvalue weighted by Crippen LogP contribution is 2.25. The minimum atomic E-state index is 0.710. The Hall–Kier alpha value is -3.14. The number of para-hydroxylation sites is 2. The molecule has 0 spiro atoms. The van der Waals surface area contributed by atoms with Crippen LogP contribution in [0.2, 0.25) is 0 Å². The van der Waals surface area contributed by atoms with Gasteiger partial charge in [-0.3, -0.25) is 0 Å². The molecule has 4 rings (SSSR count). The molecule has 0 saturated carbocycles. The van der Waals surface area contributed by atoms with E-state index in [1.54, 1.807) is 0 Å². The van der Waals surface area contributed by atoms with E-state index in [4.69, 9.17) is 9.47 Å². The second-order valence-electron chi connectivity index (χ2n) is 7.67. The molecule has 0 fully saturated rings. The first-order chi connectivity index (χ1) is 14.7. The predicted octanol–water partition coefficient (Wildman–Crippen LogP) is 6.42. The van der Waals surface area contributed by atoms with Gasteiger partial charge in [-0.05, 0) is 63.8 Å². The summed E-state index contributed by atoms with van der Waals surface area (Å²) >= 11 is 0. The zero-order valence-corrected chi connectivity index (χ0v) is 17.7. The lowest BCUT2D eigenvalue weighted by molar-refractivity contribution is 0.290. The summed E-state index contributed by atoms with van der Waals surface area (Å²) in [4.78, 5) is 9.25. The van der Waals surface area contributed by atoms with E-state index in [0.717, 1.165) is 70.4 Å². The van der Waals surface area contributed by atoms with Crippen LogP contribution in [0.1, 0.15) is 37.1 Å². The average Bonchev–Trinajstić information content (AvgIpc) is 2.76. The Labute approximate surface area is 177 Å². The van der Waals surface area contributed by atoms with Crippen molar-refractivity contribution in [1.29, 1.82) is 0 Å². The van der Waals surface area contributed by atoms with Crippen molar-refractivity contribution < 1.29 is 9.47 Å². The molecule has 2 heterocycles. The van der Waals surface area contributed by atoms with Gasteiger partial charge < -0.3 is 9.47 Å². The average molecular weight is 401 g/mol. The predicted molar refractivity (Wildman–Crippen MR) is 122 cm³/mol. The Bertz CT molecular complexity index is 1050. The van der Waals surface area contributed by atoms with Crippen LogP contribution in [0.4, 0.5) is 0 Å². The molecule has 30 heavy (non-hydrogen) atoms. The molecule has 0 aliphatic carbocycles. The van der Waals surface area contributed by atoms with Crippen molar-refractivity contribution in [2.45, 2.75) is 39.5 Å². The third-order valence-corrected chi connectivity index (χ3v) is 5.20. The largest absolute Gasteiger partial charge is 0.491 e. The van der Waals surface area contributed by atoms with Crippen LogP contribution in [0.25, 0.3) is 21.8 Å². The van der Waals surface area contributed by atoms with E-state index < -0.39 is 0 Å². The minimum absolute atomic E-state index is 0.710. The minimum Gasteiger partial charge on any atom is -0.491 e. The van der Waals surface area contributed by atoms with Crippen molar-refractivity contribution in [3.63, 3.8) is 0 Å². The highest BCUT2D eigenvalue weighted by molar-refractivity contribution is 5.85. The van der Waals surface area contributed by atoms with E-state index >= 15 is 0 Å². The van der Waals surface area contributed by atoms with Gasteiger partial charge in [-0.2, -0.15) is 0 Å². The first kappa shape index (κ1) is 20.1. The summed E-state index contributed by atoms with van der Waals surface area (Å²) in [5, 5.41) is 2.24. The highest BCUT2D eigenvalue weighted by Gasteiger charge is 2.05. The molecular formula is C26H28N2O2. The fraction of sp³-hybridized carbons (Fsp3) is 0.308. The van der Waals surface area contributed by atoms with Crippen molar-refractivity contribution in [2.24, 2.45) is 0 Å². The van der Waals surface area contributed by atoms with Gasteiger partial charge in [0.05, 0.1) is 13.2 Å². The van der Waals surface area contributed by atoms with Gasteiger partial charge in [0.25, 0.3) is 0 Å². The van der Waals surface area contributed by atoms with Gasteiger partial charge >= 0.3 is 0 Å². The summed E-state index contributed by atoms with van der Waals surface area (Å²) in [7, 11) is 0. The molecule has 0 bridgehead atoms. The maximum Gasteiger partial charge on any atom is 0.145 e. The number of fused-ring (bicyclic) bond motifs is 2. The van der Waals surface area contributed by atoms with Crippen molar-refractivity contribution in [1.82, 2.24) is 9.97 Å². The third kappa shape index (κ3) is 4.88. The Morgan fingerprint density at radius 1 is 0.567 bits per heavy atom. The number of hydrogen-bond donors (Lipinski definition) is 0. The molecule has 0 N–H and O–H groups in total. The zero-order chi connectivity index (χ0) is 20.8. The highest BCUT2D eigenvalue weighted by atomic mass is 16.5. The number of ether oxygens (including phenoxy) is 2. The summed E-state index contributed by atoms with van der Waals surface area (Å²) in [5.74, 6) is 1.75. The summed E-state index contributed by atoms with van der Waals surface area (Å²) < 4.78 is 12.0. The van der Waals surface area contributed by atoms with Gasteiger partial charge in [-0.15, -0.1) is 0 Å². The summed E-state index contributed by atoms with van der Waals surface area (Å²) in [6.45, 7) is 5.44. The van der Waals surface area contributed by atoms with Gasteiger partial charge in [0, 0.05) is 22.2 Å². The Morgan fingerprint density at radius 2 is 1.03 bits per heavy atom. The standard InChI is InChI=1S/C26H28N2O2/c1-19-13-15-21-9-7-11-23(25(21)27-19)29-17-5-3-4-6-18-30-24-12-8-10-22-16-14-20(2)28-26(22)24/h7-16H,3-6,17-18H2,1-2H3. The van der Waals surface area contributed by atoms with E-state index in [9.17, 15) is 0 Å². The summed E-state index contributed by atoms with van der Waals surface area (Å²) in [6, 6.07) is 20.4. The smallest absolute Gasteiger partial charge is 0.145 e. The van der Waals surface area contributed by atoms with Gasteiger partial charge in [-0.25, -0.2) is 9.97 Å². The molecule has 0 amide bonds. The lowest BCUT2D eigenvalue weighted by atomic mass is 10.2. The van der Waals surface area contributed by atoms with Crippen molar-refractivity contribution in [3.05, 3.63) is 72.1 Å². The Morgan fingerprint density at radius 3 is 1.50 bits per heavy atom. The molecule has 2 aromatic carbocycles. The van der Waals surface area contributed by atoms with E-state index in [0.29, 0.717) is 13.2 Å². The van der Waals surface area contributed by atoms with Crippen LogP contribution < -0.4 is 9.47 Å². The molecule has 0 saturated heterocycles. The molecule has 4 nitrogen and oxygen atoms in total. The van der Waals surface area contributed by atoms with Gasteiger partial charge in [-0.1, -0.05) is 36.4 Å². The van der Waals surface area contributed by atoms with Crippen molar-refractivity contribution in [3.8, 4) is 11.5 Å². The molecule has 154 valence electrons. The van der Waals surface area contributed by atoms with Gasteiger partial charge in [0.1, 0.15) is 22.5 Å². The van der Waals surface area contributed by atoms with Gasteiger partial charge in [0.2, 0.25) is 0 Å². The van der Waals surface area contributed by atoms with Crippen molar-refractivity contribution in [2.75, 3.05) is 13.2 Å². The summed E-state index contributed by atoms with van der Waals surface area (Å²) in [5.41, 5.74) is 3.92. The fourth-order valence-electron chi connectivity index (χ4n) is 3.59. The van der Waals surface area contributed by atoms with E-state index in [1.165, 1.54) is 0 Å². The van der Waals surface area contributed by atoms with E-state index in [1.807, 2.05) is 50.2 Å². The molecule has 0 radical (unpaired) electrons. The first-order valence-electron chi connectivity index (χ1n) is 10.7. The van der Waals surface area contributed by atoms with Crippen LogP contribution in [-0.2, 0) is 0 Å². The monoisotopic (exact) mass is 400 g/mol. The number of nitrogens with zero attached hydrogens (tertiary/aromatic N) is 2. The van der Waals surface area contributed by atoms with Crippen molar-refractivity contribution >= 4 is 21.8 Å². The molecule has 2 aromatic heterocycles. The lowest BCUT2D eigenvalue weighted by Crippen LogP contribution is -2.01. The fourth-order valence-corrected chi connectivity index (χ4v) is 3.59. The van der Waals surface area contributed by atoms with Crippen LogP contribution >= 0.6 is 0 Å².